The van der Waals surface area contributed by atoms with Gasteiger partial charge in [0, 0.05) is 16.5 Å². The van der Waals surface area contributed by atoms with E-state index in [2.05, 4.69) is 108 Å². The molecule has 0 aliphatic rings. The molecule has 17 heteroatoms. The molecule has 0 atom stereocenters. The van der Waals surface area contributed by atoms with Gasteiger partial charge < -0.3 is 14.8 Å². The zero-order valence-electron chi connectivity index (χ0n) is 31.0. The van der Waals surface area contributed by atoms with Crippen molar-refractivity contribution in [3.8, 4) is 61.7 Å². The van der Waals surface area contributed by atoms with Crippen LogP contribution in [-0.4, -0.2) is 51.7 Å². The molecule has 0 aliphatic carbocycles. The van der Waals surface area contributed by atoms with Crippen molar-refractivity contribution in [1.29, 1.82) is 0 Å². The minimum atomic E-state index is -5.84. The SMILES string of the molecule is O=S(=O)(O)C(F)(F)F.O=S(=O)(O)C(F)(F)F.Oc1cccc(-c2ccc3c4ccc(-c5cccc(O)c5)cc4n(-c4cc(-c5ccccc5)cc(-c5ccccc5)c4)c3c2)c1. The molecule has 0 saturated carbocycles. The van der Waals surface area contributed by atoms with Crippen LogP contribution < -0.4 is 0 Å². The molecule has 61 heavy (non-hydrogen) atoms. The Labute approximate surface area is 344 Å². The summed E-state index contributed by atoms with van der Waals surface area (Å²) in [5.41, 5.74) is 0.662. The summed E-state index contributed by atoms with van der Waals surface area (Å²) in [6.07, 6.45) is 0. The number of phenols is 2. The summed E-state index contributed by atoms with van der Waals surface area (Å²) in [4.78, 5) is 0. The lowest BCUT2D eigenvalue weighted by atomic mass is 9.98. The zero-order chi connectivity index (χ0) is 44.3. The first-order valence-electron chi connectivity index (χ1n) is 17.6. The van der Waals surface area contributed by atoms with Gasteiger partial charge in [0.05, 0.1) is 11.0 Å². The predicted octanol–water partition coefficient (Wildman–Crippen LogP) is 11.7. The van der Waals surface area contributed by atoms with Crippen LogP contribution in [0.1, 0.15) is 0 Å². The van der Waals surface area contributed by atoms with Gasteiger partial charge in [-0.05, 0) is 99.1 Å². The first-order valence-corrected chi connectivity index (χ1v) is 20.5. The largest absolute Gasteiger partial charge is 0.522 e. The lowest BCUT2D eigenvalue weighted by Crippen LogP contribution is -2.21. The minimum Gasteiger partial charge on any atom is -0.508 e. The van der Waals surface area contributed by atoms with Gasteiger partial charge in [-0.15, -0.1) is 0 Å². The average Bonchev–Trinajstić information content (AvgIpc) is 3.53. The van der Waals surface area contributed by atoms with E-state index in [1.807, 2.05) is 36.4 Å². The molecule has 0 unspecified atom stereocenters. The Hall–Kier alpha value is -6.66. The van der Waals surface area contributed by atoms with Crippen LogP contribution in [0.15, 0.2) is 164 Å². The Kier molecular flexibility index (Phi) is 12.3. The highest BCUT2D eigenvalue weighted by Crippen LogP contribution is 2.40. The summed E-state index contributed by atoms with van der Waals surface area (Å²) in [7, 11) is -11.7. The van der Waals surface area contributed by atoms with E-state index in [1.54, 1.807) is 24.3 Å². The van der Waals surface area contributed by atoms with Crippen LogP contribution >= 0.6 is 0 Å². The van der Waals surface area contributed by atoms with E-state index < -0.39 is 31.3 Å². The van der Waals surface area contributed by atoms with Gasteiger partial charge in [-0.3, -0.25) is 9.11 Å². The first kappa shape index (κ1) is 43.9. The Morgan fingerprint density at radius 2 is 0.705 bits per heavy atom. The predicted molar refractivity (Wildman–Crippen MR) is 221 cm³/mol. The highest BCUT2D eigenvalue weighted by Gasteiger charge is 2.45. The maximum absolute atomic E-state index is 10.7. The van der Waals surface area contributed by atoms with Gasteiger partial charge in [-0.2, -0.15) is 43.2 Å². The normalized spacial score (nSPS) is 12.0. The molecule has 1 aromatic heterocycles. The van der Waals surface area contributed by atoms with Crippen molar-refractivity contribution in [3.63, 3.8) is 0 Å². The molecule has 314 valence electrons. The maximum Gasteiger partial charge on any atom is 0.522 e. The number of alkyl halides is 6. The van der Waals surface area contributed by atoms with Crippen LogP contribution in [0.5, 0.6) is 11.5 Å². The molecule has 0 saturated heterocycles. The highest BCUT2D eigenvalue weighted by atomic mass is 32.2. The number of aromatic nitrogens is 1. The second-order valence-corrected chi connectivity index (χ2v) is 16.1. The third-order valence-electron chi connectivity index (χ3n) is 9.10. The van der Waals surface area contributed by atoms with Crippen molar-refractivity contribution in [1.82, 2.24) is 4.57 Å². The van der Waals surface area contributed by atoms with Gasteiger partial charge in [-0.25, -0.2) is 0 Å². The van der Waals surface area contributed by atoms with Gasteiger partial charge in [0.25, 0.3) is 0 Å². The lowest BCUT2D eigenvalue weighted by Gasteiger charge is -2.15. The Morgan fingerprint density at radius 3 is 1.03 bits per heavy atom. The molecule has 8 rings (SSSR count). The first-order chi connectivity index (χ1) is 28.6. The van der Waals surface area contributed by atoms with E-state index in [-0.39, 0.29) is 11.5 Å². The van der Waals surface area contributed by atoms with E-state index in [9.17, 15) is 36.6 Å². The second-order valence-electron chi connectivity index (χ2n) is 13.2. The van der Waals surface area contributed by atoms with Crippen molar-refractivity contribution < 1.29 is 62.5 Å². The monoisotopic (exact) mass is 879 g/mol. The molecular weight excluding hydrogens is 849 g/mol. The summed E-state index contributed by atoms with van der Waals surface area (Å²) in [5.74, 6) is 0.485. The number of hydrogen-bond donors (Lipinski definition) is 4. The van der Waals surface area contributed by atoms with E-state index in [0.717, 1.165) is 72.0 Å². The number of fused-ring (bicyclic) bond motifs is 3. The standard InChI is InChI=1S/C42H29NO2.2CHF3O3S/c44-37-15-7-13-30(24-37)32-17-19-39-40-20-18-33(31-14-8-16-38(45)25-31)27-42(40)43(41(39)26-32)36-22-34(28-9-3-1-4-10-28)21-35(23-36)29-11-5-2-6-12-29;2*2-1(3,4)8(5,6)7/h1-27,44-45H;2*(H,5,6,7). The van der Waals surface area contributed by atoms with Crippen molar-refractivity contribution in [3.05, 3.63) is 164 Å². The quantitative estimate of drug-likeness (QED) is 0.0757. The number of aromatic hydroxyl groups is 2. The number of benzene rings is 7. The van der Waals surface area contributed by atoms with Crippen molar-refractivity contribution in [2.24, 2.45) is 0 Å². The molecule has 0 spiro atoms. The number of rotatable bonds is 5. The number of halogens is 6. The van der Waals surface area contributed by atoms with Crippen LogP contribution in [0.4, 0.5) is 26.3 Å². The average molecular weight is 880 g/mol. The molecule has 0 bridgehead atoms. The van der Waals surface area contributed by atoms with Gasteiger partial charge in [-0.1, -0.05) is 109 Å². The Morgan fingerprint density at radius 1 is 0.377 bits per heavy atom. The fourth-order valence-electron chi connectivity index (χ4n) is 6.36. The third-order valence-corrected chi connectivity index (χ3v) is 10.3. The molecular formula is C44H31F6NO8S2. The fraction of sp³-hybridized carbons (Fsp3) is 0.0455. The second kappa shape index (κ2) is 17.1. The van der Waals surface area contributed by atoms with Crippen LogP contribution in [0.3, 0.4) is 0 Å². The van der Waals surface area contributed by atoms with Crippen LogP contribution in [-0.2, 0) is 20.2 Å². The topological polar surface area (TPSA) is 154 Å². The van der Waals surface area contributed by atoms with E-state index in [4.69, 9.17) is 25.9 Å². The van der Waals surface area contributed by atoms with Gasteiger partial charge in [0.15, 0.2) is 0 Å². The summed E-state index contributed by atoms with van der Waals surface area (Å²) >= 11 is 0. The number of hydrogen-bond acceptors (Lipinski definition) is 6. The molecule has 0 amide bonds. The maximum atomic E-state index is 10.7. The van der Waals surface area contributed by atoms with Crippen LogP contribution in [0.2, 0.25) is 0 Å². The molecule has 9 nitrogen and oxygen atoms in total. The summed E-state index contributed by atoms with van der Waals surface area (Å²) < 4.78 is 117. The third kappa shape index (κ3) is 10.2. The molecule has 8 aromatic rings. The van der Waals surface area contributed by atoms with Gasteiger partial charge >= 0.3 is 31.3 Å². The molecule has 0 radical (unpaired) electrons. The van der Waals surface area contributed by atoms with E-state index in [0.29, 0.717) is 0 Å². The molecule has 1 heterocycles. The Bertz CT molecular complexity index is 2880. The Balaban J connectivity index is 0.000000331. The number of phenolic OH excluding ortho intramolecular Hbond substituents is 2. The smallest absolute Gasteiger partial charge is 0.508 e. The van der Waals surface area contributed by atoms with E-state index >= 15 is 0 Å². The van der Waals surface area contributed by atoms with Crippen LogP contribution in [0, 0.1) is 0 Å². The van der Waals surface area contributed by atoms with Gasteiger partial charge in [0.1, 0.15) is 11.5 Å². The van der Waals surface area contributed by atoms with Crippen molar-refractivity contribution >= 4 is 42.0 Å². The summed E-state index contributed by atoms with van der Waals surface area (Å²) in [6.45, 7) is 0. The van der Waals surface area contributed by atoms with E-state index in [1.165, 1.54) is 0 Å². The minimum absolute atomic E-state index is 0.243. The zero-order valence-corrected chi connectivity index (χ0v) is 32.7. The fourth-order valence-corrected chi connectivity index (χ4v) is 6.36. The van der Waals surface area contributed by atoms with Crippen molar-refractivity contribution in [2.75, 3.05) is 0 Å². The van der Waals surface area contributed by atoms with Crippen molar-refractivity contribution in [2.45, 2.75) is 11.0 Å². The van der Waals surface area contributed by atoms with Gasteiger partial charge in [0.2, 0.25) is 0 Å². The van der Waals surface area contributed by atoms with Crippen LogP contribution in [0.25, 0.3) is 72.0 Å². The molecule has 7 aromatic carbocycles. The molecule has 4 N–H and O–H groups in total. The molecule has 0 fully saturated rings. The number of nitrogens with zero attached hydrogens (tertiary/aromatic N) is 1. The lowest BCUT2D eigenvalue weighted by molar-refractivity contribution is -0.0514. The summed E-state index contributed by atoms with van der Waals surface area (Å²) in [5, 5.41) is 22.8. The summed E-state index contributed by atoms with van der Waals surface area (Å²) in [6, 6.07) is 55.7. The highest BCUT2D eigenvalue weighted by molar-refractivity contribution is 7.86. The molecule has 0 aliphatic heterocycles.